The lowest BCUT2D eigenvalue weighted by atomic mass is 9.78. The van der Waals surface area contributed by atoms with Crippen LogP contribution in [-0.2, 0) is 16.0 Å². The topological polar surface area (TPSA) is 55.8 Å². The van der Waals surface area contributed by atoms with Crippen LogP contribution in [0.2, 0.25) is 19.6 Å². The molecule has 0 aliphatic carbocycles. The molecular weight excluding hydrogens is 266 g/mol. The molecule has 0 unspecified atom stereocenters. The number of esters is 1. The third kappa shape index (κ3) is 3.23. The molecule has 2 rings (SSSR count). The molecule has 0 aromatic heterocycles. The minimum Gasteiger partial charge on any atom is -0.466 e. The summed E-state index contributed by atoms with van der Waals surface area (Å²) in [6, 6.07) is 2.53. The molecule has 19 heavy (non-hydrogen) atoms. The zero-order valence-electron chi connectivity index (χ0n) is 11.2. The molecule has 1 aromatic rings. The van der Waals surface area contributed by atoms with Gasteiger partial charge < -0.3 is 14.4 Å². The summed E-state index contributed by atoms with van der Waals surface area (Å²) < 4.78 is 23.9. The number of hydrogen-bond donors (Lipinski definition) is 1. The molecule has 1 aliphatic rings. The highest BCUT2D eigenvalue weighted by Gasteiger charge is 2.30. The second-order valence-electron chi connectivity index (χ2n) is 5.83. The Bertz CT molecular complexity index is 515. The van der Waals surface area contributed by atoms with Gasteiger partial charge in [0.1, 0.15) is 5.82 Å². The van der Waals surface area contributed by atoms with Crippen LogP contribution in [-0.4, -0.2) is 32.4 Å². The van der Waals surface area contributed by atoms with Crippen molar-refractivity contribution in [2.24, 2.45) is 0 Å². The summed E-state index contributed by atoms with van der Waals surface area (Å²) in [5.41, 5.74) is 0.842. The van der Waals surface area contributed by atoms with E-state index in [-0.39, 0.29) is 12.2 Å². The lowest BCUT2D eigenvalue weighted by Crippen LogP contribution is -2.32. The SMILES string of the molecule is C[Si](C)(C)COC(=O)c1cc2c(cc1F)COB2O. The Labute approximate surface area is 112 Å². The van der Waals surface area contributed by atoms with E-state index >= 15 is 0 Å². The van der Waals surface area contributed by atoms with Gasteiger partial charge in [-0.15, -0.1) is 0 Å². The van der Waals surface area contributed by atoms with E-state index in [1.807, 2.05) is 0 Å². The van der Waals surface area contributed by atoms with Crippen molar-refractivity contribution in [1.82, 2.24) is 0 Å². The fraction of sp³-hybridized carbons (Fsp3) is 0.417. The summed E-state index contributed by atoms with van der Waals surface area (Å²) in [6.07, 6.45) is 0.335. The maximum atomic E-state index is 13.8. The Morgan fingerprint density at radius 2 is 2.21 bits per heavy atom. The largest absolute Gasteiger partial charge is 0.491 e. The van der Waals surface area contributed by atoms with Gasteiger partial charge >= 0.3 is 13.1 Å². The molecule has 4 nitrogen and oxygen atoms in total. The number of benzene rings is 1. The van der Waals surface area contributed by atoms with Crippen molar-refractivity contribution in [3.05, 3.63) is 29.1 Å². The second kappa shape index (κ2) is 5.07. The number of halogens is 1. The maximum absolute atomic E-state index is 13.8. The molecule has 1 N–H and O–H groups in total. The predicted molar refractivity (Wildman–Crippen MR) is 72.4 cm³/mol. The van der Waals surface area contributed by atoms with Crippen molar-refractivity contribution in [3.8, 4) is 0 Å². The monoisotopic (exact) mass is 282 g/mol. The summed E-state index contributed by atoms with van der Waals surface area (Å²) in [7, 11) is -2.64. The molecule has 1 aromatic carbocycles. The highest BCUT2D eigenvalue weighted by Crippen LogP contribution is 2.16. The van der Waals surface area contributed by atoms with E-state index in [1.165, 1.54) is 12.1 Å². The molecule has 0 fully saturated rings. The number of fused-ring (bicyclic) bond motifs is 1. The van der Waals surface area contributed by atoms with Crippen LogP contribution in [0.4, 0.5) is 4.39 Å². The molecule has 0 saturated heterocycles. The number of rotatable bonds is 3. The lowest BCUT2D eigenvalue weighted by molar-refractivity contribution is 0.0560. The Morgan fingerprint density at radius 1 is 1.53 bits per heavy atom. The van der Waals surface area contributed by atoms with Crippen molar-refractivity contribution in [3.63, 3.8) is 0 Å². The van der Waals surface area contributed by atoms with Crippen LogP contribution in [0.5, 0.6) is 0 Å². The predicted octanol–water partition coefficient (Wildman–Crippen LogP) is 1.08. The molecule has 1 heterocycles. The van der Waals surface area contributed by atoms with Crippen molar-refractivity contribution in [1.29, 1.82) is 0 Å². The first-order valence-corrected chi connectivity index (χ1v) is 9.78. The Hall–Kier alpha value is -1.18. The van der Waals surface area contributed by atoms with Gasteiger partial charge in [-0.05, 0) is 23.2 Å². The van der Waals surface area contributed by atoms with Gasteiger partial charge in [0.15, 0.2) is 0 Å². The third-order valence-electron chi connectivity index (χ3n) is 2.75. The van der Waals surface area contributed by atoms with E-state index in [9.17, 15) is 14.2 Å². The molecule has 0 amide bonds. The highest BCUT2D eigenvalue weighted by atomic mass is 28.3. The summed E-state index contributed by atoms with van der Waals surface area (Å²) in [5, 5.41) is 9.55. The number of carbonyl (C=O) groups excluding carboxylic acids is 1. The molecule has 1 aliphatic heterocycles. The zero-order chi connectivity index (χ0) is 14.2. The van der Waals surface area contributed by atoms with Crippen molar-refractivity contribution >= 4 is 26.6 Å². The molecule has 0 radical (unpaired) electrons. The summed E-state index contributed by atoms with van der Waals surface area (Å²) in [4.78, 5) is 11.9. The minimum absolute atomic E-state index is 0.150. The van der Waals surface area contributed by atoms with E-state index in [0.29, 0.717) is 17.3 Å². The van der Waals surface area contributed by atoms with Gasteiger partial charge in [0.25, 0.3) is 0 Å². The highest BCUT2D eigenvalue weighted by molar-refractivity contribution is 6.76. The Kier molecular flexibility index (Phi) is 3.80. The fourth-order valence-electron chi connectivity index (χ4n) is 1.76. The van der Waals surface area contributed by atoms with Gasteiger partial charge in [-0.3, -0.25) is 0 Å². The molecule has 0 saturated carbocycles. The van der Waals surface area contributed by atoms with Gasteiger partial charge in [0.2, 0.25) is 0 Å². The summed E-state index contributed by atoms with van der Waals surface area (Å²) in [5.74, 6) is -1.33. The van der Waals surface area contributed by atoms with E-state index in [0.717, 1.165) is 0 Å². The quantitative estimate of drug-likeness (QED) is 0.665. The zero-order valence-corrected chi connectivity index (χ0v) is 12.2. The van der Waals surface area contributed by atoms with E-state index < -0.39 is 27.0 Å². The van der Waals surface area contributed by atoms with Crippen LogP contribution in [0, 0.1) is 5.82 Å². The lowest BCUT2D eigenvalue weighted by Gasteiger charge is -2.16. The first-order chi connectivity index (χ1) is 8.78. The van der Waals surface area contributed by atoms with Crippen LogP contribution in [0.1, 0.15) is 15.9 Å². The van der Waals surface area contributed by atoms with Gasteiger partial charge in [0, 0.05) is 0 Å². The molecule has 0 atom stereocenters. The van der Waals surface area contributed by atoms with Crippen molar-refractivity contribution in [2.45, 2.75) is 26.2 Å². The average molecular weight is 282 g/mol. The smallest absolute Gasteiger partial charge is 0.466 e. The normalized spacial score (nSPS) is 14.5. The second-order valence-corrected chi connectivity index (χ2v) is 11.2. The first-order valence-electron chi connectivity index (χ1n) is 6.07. The van der Waals surface area contributed by atoms with Crippen LogP contribution >= 0.6 is 0 Å². The van der Waals surface area contributed by atoms with Crippen LogP contribution in [0.3, 0.4) is 0 Å². The molecular formula is C12H16BFO4Si. The molecule has 0 spiro atoms. The maximum Gasteiger partial charge on any atom is 0.491 e. The van der Waals surface area contributed by atoms with Crippen LogP contribution in [0.25, 0.3) is 0 Å². The minimum atomic E-state index is -1.54. The van der Waals surface area contributed by atoms with Gasteiger partial charge in [-0.1, -0.05) is 19.6 Å². The summed E-state index contributed by atoms with van der Waals surface area (Å²) in [6.45, 7) is 6.31. The Morgan fingerprint density at radius 3 is 2.84 bits per heavy atom. The van der Waals surface area contributed by atoms with Crippen molar-refractivity contribution < 1.29 is 23.6 Å². The number of carbonyl (C=O) groups is 1. The molecule has 7 heteroatoms. The number of hydrogen-bond acceptors (Lipinski definition) is 4. The van der Waals surface area contributed by atoms with Crippen molar-refractivity contribution in [2.75, 3.05) is 6.23 Å². The van der Waals surface area contributed by atoms with E-state index in [1.54, 1.807) is 0 Å². The van der Waals surface area contributed by atoms with Crippen LogP contribution < -0.4 is 5.46 Å². The summed E-state index contributed by atoms with van der Waals surface area (Å²) >= 11 is 0. The van der Waals surface area contributed by atoms with Gasteiger partial charge in [-0.2, -0.15) is 0 Å². The molecule has 0 bridgehead atoms. The van der Waals surface area contributed by atoms with Crippen LogP contribution in [0.15, 0.2) is 12.1 Å². The standard InChI is InChI=1S/C12H16BFO4Si/c1-19(2,3)7-17-12(15)9-5-10-8(4-11(9)14)6-18-13(10)16/h4-5,16H,6-7H2,1-3H3. The average Bonchev–Trinajstić information content (AvgIpc) is 2.65. The fourth-order valence-corrected chi connectivity index (χ4v) is 2.32. The number of ether oxygens (including phenoxy) is 1. The third-order valence-corrected chi connectivity index (χ3v) is 3.76. The van der Waals surface area contributed by atoms with E-state index in [4.69, 9.17) is 9.39 Å². The van der Waals surface area contributed by atoms with Gasteiger partial charge in [-0.25, -0.2) is 9.18 Å². The first kappa shape index (κ1) is 14.2. The van der Waals surface area contributed by atoms with Gasteiger partial charge in [0.05, 0.1) is 26.5 Å². The Balaban J connectivity index is 2.21. The van der Waals surface area contributed by atoms with E-state index in [2.05, 4.69) is 19.6 Å². The molecule has 102 valence electrons.